The number of aromatic nitrogens is 2. The van der Waals surface area contributed by atoms with Crippen molar-refractivity contribution in [1.29, 1.82) is 0 Å². The van der Waals surface area contributed by atoms with Gasteiger partial charge in [-0.3, -0.25) is 4.68 Å². The summed E-state index contributed by atoms with van der Waals surface area (Å²) in [6, 6.07) is 1.87. The van der Waals surface area contributed by atoms with E-state index >= 15 is 0 Å². The largest absolute Gasteiger partial charge is 0.444 e. The van der Waals surface area contributed by atoms with Gasteiger partial charge in [0.2, 0.25) is 0 Å². The van der Waals surface area contributed by atoms with E-state index in [9.17, 15) is 9.90 Å². The summed E-state index contributed by atoms with van der Waals surface area (Å²) in [7, 11) is 0. The average Bonchev–Trinajstić information content (AvgIpc) is 2.68. The first-order chi connectivity index (χ1) is 10.2. The number of carbonyl (C=O) groups excluding carboxylic acids is 1. The molecule has 1 aliphatic rings. The molecule has 2 N–H and O–H groups in total. The van der Waals surface area contributed by atoms with Crippen molar-refractivity contribution < 1.29 is 14.6 Å². The van der Waals surface area contributed by atoms with E-state index in [0.717, 1.165) is 11.4 Å². The van der Waals surface area contributed by atoms with E-state index in [0.29, 0.717) is 19.3 Å². The minimum Gasteiger partial charge on any atom is -0.444 e. The van der Waals surface area contributed by atoms with Crippen LogP contribution in [0.2, 0.25) is 0 Å². The number of rotatable bonds is 2. The standard InChI is InChI=1S/C16H27N3O3/c1-10-8-11(2)19(18-10)14-9-12(20)6-7-13(14)17-15(21)22-16(3,4)5/h8,12-14,20H,6-7,9H2,1-5H3,(H,17,21). The zero-order chi connectivity index (χ0) is 16.5. The molecule has 1 saturated carbocycles. The number of carbonyl (C=O) groups is 1. The molecule has 0 saturated heterocycles. The van der Waals surface area contributed by atoms with Crippen molar-refractivity contribution in [3.8, 4) is 0 Å². The highest BCUT2D eigenvalue weighted by Gasteiger charge is 2.34. The normalized spacial score (nSPS) is 25.8. The molecule has 6 nitrogen and oxygen atoms in total. The second kappa shape index (κ2) is 6.28. The average molecular weight is 309 g/mol. The third-order valence-electron chi connectivity index (χ3n) is 3.85. The molecule has 1 fully saturated rings. The molecule has 2 rings (SSSR count). The third-order valence-corrected chi connectivity index (χ3v) is 3.85. The van der Waals surface area contributed by atoms with Crippen LogP contribution in [0.25, 0.3) is 0 Å². The van der Waals surface area contributed by atoms with Crippen LogP contribution in [-0.4, -0.2) is 38.7 Å². The molecule has 1 heterocycles. The Morgan fingerprint density at radius 1 is 1.41 bits per heavy atom. The lowest BCUT2D eigenvalue weighted by atomic mass is 9.88. The summed E-state index contributed by atoms with van der Waals surface area (Å²) < 4.78 is 7.26. The summed E-state index contributed by atoms with van der Waals surface area (Å²) >= 11 is 0. The maximum atomic E-state index is 12.0. The molecule has 1 aromatic heterocycles. The van der Waals surface area contributed by atoms with Crippen LogP contribution >= 0.6 is 0 Å². The molecule has 1 aliphatic carbocycles. The Hall–Kier alpha value is -1.56. The van der Waals surface area contributed by atoms with Crippen LogP contribution in [0.1, 0.15) is 57.5 Å². The number of amides is 1. The van der Waals surface area contributed by atoms with Crippen LogP contribution in [-0.2, 0) is 4.74 Å². The highest BCUT2D eigenvalue weighted by molar-refractivity contribution is 5.68. The van der Waals surface area contributed by atoms with E-state index in [1.54, 1.807) is 0 Å². The van der Waals surface area contributed by atoms with Gasteiger partial charge < -0.3 is 15.2 Å². The fourth-order valence-corrected chi connectivity index (χ4v) is 3.00. The van der Waals surface area contributed by atoms with Gasteiger partial charge in [-0.1, -0.05) is 0 Å². The van der Waals surface area contributed by atoms with Crippen molar-refractivity contribution in [3.63, 3.8) is 0 Å². The van der Waals surface area contributed by atoms with Gasteiger partial charge >= 0.3 is 6.09 Å². The van der Waals surface area contributed by atoms with E-state index in [1.807, 2.05) is 45.4 Å². The molecule has 0 spiro atoms. The lowest BCUT2D eigenvalue weighted by Gasteiger charge is -2.35. The highest BCUT2D eigenvalue weighted by atomic mass is 16.6. The predicted octanol–water partition coefficient (Wildman–Crippen LogP) is 2.48. The van der Waals surface area contributed by atoms with E-state index in [-0.39, 0.29) is 18.2 Å². The quantitative estimate of drug-likeness (QED) is 0.880. The Labute approximate surface area is 131 Å². The molecule has 1 amide bonds. The predicted molar refractivity (Wildman–Crippen MR) is 83.8 cm³/mol. The summed E-state index contributed by atoms with van der Waals surface area (Å²) in [5.74, 6) is 0. The lowest BCUT2D eigenvalue weighted by Crippen LogP contribution is -2.47. The first-order valence-electron chi connectivity index (χ1n) is 7.86. The van der Waals surface area contributed by atoms with Crippen LogP contribution in [0.5, 0.6) is 0 Å². The molecule has 124 valence electrons. The minimum absolute atomic E-state index is 0.0510. The number of ether oxygens (including phenoxy) is 1. The Kier molecular flexibility index (Phi) is 4.80. The molecule has 3 atom stereocenters. The summed E-state index contributed by atoms with van der Waals surface area (Å²) in [4.78, 5) is 12.0. The number of aliphatic hydroxyl groups is 1. The smallest absolute Gasteiger partial charge is 0.407 e. The Morgan fingerprint density at radius 3 is 2.64 bits per heavy atom. The molecular weight excluding hydrogens is 282 g/mol. The van der Waals surface area contributed by atoms with Crippen LogP contribution < -0.4 is 5.32 Å². The number of hydrogen-bond acceptors (Lipinski definition) is 4. The van der Waals surface area contributed by atoms with Gasteiger partial charge in [-0.05, 0) is 59.9 Å². The summed E-state index contributed by atoms with van der Waals surface area (Å²) in [6.07, 6.45) is 1.20. The number of aliphatic hydroxyl groups excluding tert-OH is 1. The maximum absolute atomic E-state index is 12.0. The number of nitrogens with one attached hydrogen (secondary N) is 1. The molecule has 1 aromatic rings. The number of nitrogens with zero attached hydrogens (tertiary/aromatic N) is 2. The first-order valence-corrected chi connectivity index (χ1v) is 7.86. The lowest BCUT2D eigenvalue weighted by molar-refractivity contribution is 0.0385. The van der Waals surface area contributed by atoms with Crippen LogP contribution in [0, 0.1) is 13.8 Å². The highest BCUT2D eigenvalue weighted by Crippen LogP contribution is 2.30. The monoisotopic (exact) mass is 309 g/mol. The zero-order valence-corrected chi connectivity index (χ0v) is 14.1. The molecule has 0 aliphatic heterocycles. The van der Waals surface area contributed by atoms with Crippen molar-refractivity contribution in [1.82, 2.24) is 15.1 Å². The van der Waals surface area contributed by atoms with Crippen LogP contribution in [0.3, 0.4) is 0 Å². The SMILES string of the molecule is Cc1cc(C)n(C2CC(O)CCC2NC(=O)OC(C)(C)C)n1. The minimum atomic E-state index is -0.522. The summed E-state index contributed by atoms with van der Waals surface area (Å²) in [6.45, 7) is 9.46. The second-order valence-electron chi connectivity index (χ2n) is 7.16. The molecule has 3 unspecified atom stereocenters. The zero-order valence-electron chi connectivity index (χ0n) is 14.1. The van der Waals surface area contributed by atoms with Gasteiger partial charge in [0, 0.05) is 5.69 Å². The van der Waals surface area contributed by atoms with Crippen molar-refractivity contribution in [2.24, 2.45) is 0 Å². The van der Waals surface area contributed by atoms with E-state index < -0.39 is 11.7 Å². The first kappa shape index (κ1) is 16.8. The van der Waals surface area contributed by atoms with Crippen LogP contribution in [0.15, 0.2) is 6.07 Å². The second-order valence-corrected chi connectivity index (χ2v) is 7.16. The number of aryl methyl sites for hydroxylation is 2. The number of alkyl carbamates (subject to hydrolysis) is 1. The Morgan fingerprint density at radius 2 is 2.09 bits per heavy atom. The van der Waals surface area contributed by atoms with Gasteiger partial charge in [-0.15, -0.1) is 0 Å². The fourth-order valence-electron chi connectivity index (χ4n) is 3.00. The fraction of sp³-hybridized carbons (Fsp3) is 0.750. The van der Waals surface area contributed by atoms with Crippen molar-refractivity contribution >= 4 is 6.09 Å². The molecule has 0 radical (unpaired) electrons. The van der Waals surface area contributed by atoms with Crippen molar-refractivity contribution in [2.75, 3.05) is 0 Å². The maximum Gasteiger partial charge on any atom is 0.407 e. The van der Waals surface area contributed by atoms with Crippen molar-refractivity contribution in [3.05, 3.63) is 17.5 Å². The molecule has 0 aromatic carbocycles. The summed E-state index contributed by atoms with van der Waals surface area (Å²) in [5, 5.41) is 17.5. The van der Waals surface area contributed by atoms with Crippen molar-refractivity contribution in [2.45, 2.75) is 77.7 Å². The summed E-state index contributed by atoms with van der Waals surface area (Å²) in [5.41, 5.74) is 1.45. The topological polar surface area (TPSA) is 76.4 Å². The Balaban J connectivity index is 2.13. The molecule has 0 bridgehead atoms. The van der Waals surface area contributed by atoms with Gasteiger partial charge in [0.1, 0.15) is 5.60 Å². The van der Waals surface area contributed by atoms with E-state index in [4.69, 9.17) is 4.74 Å². The van der Waals surface area contributed by atoms with Gasteiger partial charge in [0.15, 0.2) is 0 Å². The van der Waals surface area contributed by atoms with Gasteiger partial charge in [0.25, 0.3) is 0 Å². The third kappa shape index (κ3) is 4.22. The van der Waals surface area contributed by atoms with Gasteiger partial charge in [-0.2, -0.15) is 5.10 Å². The van der Waals surface area contributed by atoms with Crippen LogP contribution in [0.4, 0.5) is 4.79 Å². The number of hydrogen-bond donors (Lipinski definition) is 2. The molecule has 6 heteroatoms. The van der Waals surface area contributed by atoms with E-state index in [2.05, 4.69) is 10.4 Å². The van der Waals surface area contributed by atoms with E-state index in [1.165, 1.54) is 0 Å². The van der Waals surface area contributed by atoms with Gasteiger partial charge in [0.05, 0.1) is 23.9 Å². The molecular formula is C16H27N3O3. The Bertz CT molecular complexity index is 533. The van der Waals surface area contributed by atoms with Gasteiger partial charge in [-0.25, -0.2) is 4.79 Å². The molecule has 22 heavy (non-hydrogen) atoms.